The number of nitrogens with two attached hydrogens (primary N) is 1. The summed E-state index contributed by atoms with van der Waals surface area (Å²) in [5.41, 5.74) is 4.49. The third-order valence-electron chi connectivity index (χ3n) is 4.48. The number of esters is 1. The van der Waals surface area contributed by atoms with Crippen LogP contribution in [-0.2, 0) is 23.9 Å². The van der Waals surface area contributed by atoms with Crippen molar-refractivity contribution in [3.8, 4) is 0 Å². The molecule has 2 heterocycles. The van der Waals surface area contributed by atoms with Gasteiger partial charge in [0.2, 0.25) is 0 Å². The number of hydrogen-bond acceptors (Lipinski definition) is 7. The van der Waals surface area contributed by atoms with Gasteiger partial charge < -0.3 is 20.1 Å². The third kappa shape index (κ3) is 3.32. The minimum absolute atomic E-state index is 0.284. The van der Waals surface area contributed by atoms with Gasteiger partial charge in [0.05, 0.1) is 10.7 Å². The number of benzene rings is 1. The van der Waals surface area contributed by atoms with Gasteiger partial charge in [-0.2, -0.15) is 0 Å². The molecule has 0 aliphatic carbocycles. The molecule has 3 rings (SSSR count). The Hall–Kier alpha value is -2.38. The molecule has 0 spiro atoms. The Bertz CT molecular complexity index is 759. The van der Waals surface area contributed by atoms with Gasteiger partial charge in [-0.3, -0.25) is 9.69 Å². The minimum Gasteiger partial charge on any atom is -0.458 e. The Balaban J connectivity index is 1.63. The van der Waals surface area contributed by atoms with Crippen molar-refractivity contribution in [1.82, 2.24) is 4.90 Å². The van der Waals surface area contributed by atoms with Crippen LogP contribution in [0.5, 0.6) is 0 Å². The zero-order chi connectivity index (χ0) is 18.7. The molecule has 0 radical (unpaired) electrons. The quantitative estimate of drug-likeness (QED) is 0.320. The molecule has 2 aliphatic rings. The number of amides is 1. The van der Waals surface area contributed by atoms with Gasteiger partial charge in [-0.25, -0.2) is 9.59 Å². The van der Waals surface area contributed by atoms with Crippen molar-refractivity contribution < 1.29 is 23.9 Å². The van der Waals surface area contributed by atoms with E-state index in [9.17, 15) is 14.4 Å². The van der Waals surface area contributed by atoms with Crippen molar-refractivity contribution in [3.05, 3.63) is 35.4 Å². The number of piperazine rings is 1. The van der Waals surface area contributed by atoms with E-state index in [1.165, 1.54) is 5.94 Å². The molecule has 1 amide bonds. The highest BCUT2D eigenvalue weighted by Gasteiger charge is 2.71. The van der Waals surface area contributed by atoms with E-state index in [0.717, 1.165) is 11.8 Å². The van der Waals surface area contributed by atoms with E-state index in [0.29, 0.717) is 31.2 Å². The molecule has 1 aromatic carbocycles. The molecule has 1 aromatic rings. The molecule has 8 nitrogen and oxygen atoms in total. The molecule has 2 fully saturated rings. The molecule has 0 bridgehead atoms. The van der Waals surface area contributed by atoms with Crippen LogP contribution < -0.4 is 10.6 Å². The van der Waals surface area contributed by atoms with E-state index in [1.807, 2.05) is 29.2 Å². The second-order valence-electron chi connectivity index (χ2n) is 5.96. The number of halogens is 1. The predicted octanol–water partition coefficient (Wildman–Crippen LogP) is -0.0266. The van der Waals surface area contributed by atoms with Gasteiger partial charge in [-0.15, -0.1) is 0 Å². The highest BCUT2D eigenvalue weighted by atomic mass is 35.5. The molecule has 0 saturated carbocycles. The van der Waals surface area contributed by atoms with Gasteiger partial charge in [-0.1, -0.05) is 23.7 Å². The Morgan fingerprint density at radius 3 is 2.65 bits per heavy atom. The molecule has 9 heteroatoms. The molecule has 26 heavy (non-hydrogen) atoms. The molecule has 2 saturated heterocycles. The van der Waals surface area contributed by atoms with Crippen LogP contribution in [0, 0.1) is 0 Å². The lowest BCUT2D eigenvalue weighted by Gasteiger charge is -2.36. The molecular formula is C17H18ClN3O5. The molecule has 138 valence electrons. The predicted molar refractivity (Wildman–Crippen MR) is 93.3 cm³/mol. The summed E-state index contributed by atoms with van der Waals surface area (Å²) in [6, 6.07) is 7.55. The number of para-hydroxylation sites is 1. The summed E-state index contributed by atoms with van der Waals surface area (Å²) in [6.45, 7) is 2.15. The van der Waals surface area contributed by atoms with Crippen LogP contribution in [0.1, 0.15) is 0 Å². The number of primary amides is 1. The molecule has 0 aromatic heterocycles. The van der Waals surface area contributed by atoms with E-state index < -0.39 is 23.7 Å². The summed E-state index contributed by atoms with van der Waals surface area (Å²) in [4.78, 5) is 38.1. The molecule has 2 N–H and O–H groups in total. The normalized spacial score (nSPS) is 25.3. The molecular weight excluding hydrogens is 362 g/mol. The van der Waals surface area contributed by atoms with E-state index >= 15 is 0 Å². The van der Waals surface area contributed by atoms with Crippen LogP contribution in [0.3, 0.4) is 0 Å². The lowest BCUT2D eigenvalue weighted by Crippen LogP contribution is -2.52. The second-order valence-corrected chi connectivity index (χ2v) is 6.37. The topological polar surface area (TPSA) is 105 Å². The maximum Gasteiger partial charge on any atom is 0.353 e. The number of hydrogen-bond donors (Lipinski definition) is 1. The number of rotatable bonds is 6. The highest BCUT2D eigenvalue weighted by molar-refractivity contribution is 6.33. The summed E-state index contributed by atoms with van der Waals surface area (Å²) in [6.07, 6.45) is 0.230. The smallest absolute Gasteiger partial charge is 0.353 e. The fourth-order valence-electron chi connectivity index (χ4n) is 3.07. The number of nitrogens with zero attached hydrogens (tertiary/aromatic N) is 2. The maximum atomic E-state index is 12.2. The first kappa shape index (κ1) is 18.4. The molecule has 2 atom stereocenters. The van der Waals surface area contributed by atoms with Crippen LogP contribution in [0.15, 0.2) is 30.3 Å². The highest BCUT2D eigenvalue weighted by Crippen LogP contribution is 2.41. The van der Waals surface area contributed by atoms with Gasteiger partial charge in [0.15, 0.2) is 6.23 Å². The Kier molecular flexibility index (Phi) is 5.29. The third-order valence-corrected chi connectivity index (χ3v) is 4.80. The van der Waals surface area contributed by atoms with Gasteiger partial charge in [0.1, 0.15) is 12.5 Å². The van der Waals surface area contributed by atoms with Gasteiger partial charge in [0.25, 0.3) is 11.5 Å². The van der Waals surface area contributed by atoms with Crippen LogP contribution in [-0.4, -0.2) is 67.3 Å². The van der Waals surface area contributed by atoms with Crippen molar-refractivity contribution in [2.24, 2.45) is 5.73 Å². The van der Waals surface area contributed by atoms with Crippen LogP contribution >= 0.6 is 11.6 Å². The Morgan fingerprint density at radius 2 is 2.04 bits per heavy atom. The standard InChI is InChI=1S/C17H18ClN3O5/c18-12-4-1-2-5-13(12)20-6-8-21(9-7-20)15-17(26-15,14(19)23)16(24)25-11-3-10-22/h1-5,15H,6-9,11H2,(H2,19,23). The van der Waals surface area contributed by atoms with Crippen molar-refractivity contribution >= 4 is 35.1 Å². The Labute approximate surface area is 155 Å². The fourth-order valence-corrected chi connectivity index (χ4v) is 3.32. The van der Waals surface area contributed by atoms with E-state index in [-0.39, 0.29) is 6.61 Å². The number of epoxide rings is 1. The zero-order valence-corrected chi connectivity index (χ0v) is 14.6. The summed E-state index contributed by atoms with van der Waals surface area (Å²) in [7, 11) is 0. The maximum absolute atomic E-state index is 12.2. The minimum atomic E-state index is -1.82. The summed E-state index contributed by atoms with van der Waals surface area (Å²) >= 11 is 6.23. The first-order chi connectivity index (χ1) is 12.5. The van der Waals surface area contributed by atoms with E-state index in [4.69, 9.17) is 26.8 Å². The summed E-state index contributed by atoms with van der Waals surface area (Å²) < 4.78 is 10.2. The van der Waals surface area contributed by atoms with Crippen molar-refractivity contribution in [2.75, 3.05) is 37.7 Å². The lowest BCUT2D eigenvalue weighted by atomic mass is 10.1. The van der Waals surface area contributed by atoms with Crippen LogP contribution in [0.2, 0.25) is 5.02 Å². The Morgan fingerprint density at radius 1 is 1.35 bits per heavy atom. The summed E-state index contributed by atoms with van der Waals surface area (Å²) in [5.74, 6) is -0.312. The van der Waals surface area contributed by atoms with Gasteiger partial charge >= 0.3 is 5.97 Å². The second kappa shape index (κ2) is 7.47. The van der Waals surface area contributed by atoms with Crippen molar-refractivity contribution in [1.29, 1.82) is 0 Å². The fraction of sp³-hybridized carbons (Fsp3) is 0.412. The number of ether oxygens (including phenoxy) is 2. The summed E-state index contributed by atoms with van der Waals surface area (Å²) in [5, 5.41) is 0.668. The number of carbonyl (C=O) groups is 2. The monoisotopic (exact) mass is 379 g/mol. The first-order valence-corrected chi connectivity index (χ1v) is 8.46. The number of anilines is 1. The first-order valence-electron chi connectivity index (χ1n) is 8.08. The van der Waals surface area contributed by atoms with Crippen molar-refractivity contribution in [2.45, 2.75) is 11.8 Å². The van der Waals surface area contributed by atoms with Crippen LogP contribution in [0.25, 0.3) is 0 Å². The van der Waals surface area contributed by atoms with Crippen molar-refractivity contribution in [3.63, 3.8) is 0 Å². The SMILES string of the molecule is NC(=O)C1(C(=O)OCC=C=O)OC1N1CCN(c2ccccc2Cl)CC1. The molecule has 2 unspecified atom stereocenters. The largest absolute Gasteiger partial charge is 0.458 e. The molecule has 2 aliphatic heterocycles. The van der Waals surface area contributed by atoms with E-state index in [2.05, 4.69) is 4.90 Å². The average Bonchev–Trinajstić information content (AvgIpc) is 3.40. The van der Waals surface area contributed by atoms with Gasteiger partial charge in [0, 0.05) is 32.3 Å². The zero-order valence-electron chi connectivity index (χ0n) is 13.9. The number of carbonyl (C=O) groups excluding carboxylic acids is 3. The van der Waals surface area contributed by atoms with E-state index in [1.54, 1.807) is 0 Å². The average molecular weight is 380 g/mol. The lowest BCUT2D eigenvalue weighted by molar-refractivity contribution is -0.152. The van der Waals surface area contributed by atoms with Gasteiger partial charge in [-0.05, 0) is 12.1 Å². The van der Waals surface area contributed by atoms with Crippen LogP contribution in [0.4, 0.5) is 5.69 Å².